The Morgan fingerprint density at radius 2 is 1.68 bits per heavy atom. The van der Waals surface area contributed by atoms with E-state index in [-0.39, 0.29) is 5.91 Å². The van der Waals surface area contributed by atoms with Crippen LogP contribution >= 0.6 is 0 Å². The molecule has 1 saturated heterocycles. The second-order valence-electron chi connectivity index (χ2n) is 7.53. The predicted octanol–water partition coefficient (Wildman–Crippen LogP) is 3.51. The third kappa shape index (κ3) is 6.44. The van der Waals surface area contributed by atoms with Gasteiger partial charge in [0.25, 0.3) is 0 Å². The van der Waals surface area contributed by atoms with Gasteiger partial charge in [-0.15, -0.1) is 0 Å². The van der Waals surface area contributed by atoms with Gasteiger partial charge in [-0.2, -0.15) is 0 Å². The Hall–Kier alpha value is -1.39. The number of carbonyl (C=O) groups is 1. The van der Waals surface area contributed by atoms with Crippen molar-refractivity contribution in [3.63, 3.8) is 0 Å². The Morgan fingerprint density at radius 1 is 1.00 bits per heavy atom. The van der Waals surface area contributed by atoms with Crippen molar-refractivity contribution >= 4 is 5.91 Å². The molecule has 138 valence electrons. The van der Waals surface area contributed by atoms with Crippen LogP contribution in [0.15, 0.2) is 30.3 Å². The summed E-state index contributed by atoms with van der Waals surface area (Å²) in [6.07, 6.45) is 9.83. The summed E-state index contributed by atoms with van der Waals surface area (Å²) in [4.78, 5) is 14.6. The minimum atomic E-state index is 0.204. The van der Waals surface area contributed by atoms with Crippen LogP contribution in [0, 0.1) is 0 Å². The highest BCUT2D eigenvalue weighted by Crippen LogP contribution is 2.18. The molecule has 2 fully saturated rings. The molecule has 0 atom stereocenters. The van der Waals surface area contributed by atoms with Crippen molar-refractivity contribution in [1.82, 2.24) is 10.2 Å². The molecular formula is C21H32N2O2. The zero-order chi connectivity index (χ0) is 17.3. The lowest BCUT2D eigenvalue weighted by Gasteiger charge is -2.31. The maximum atomic E-state index is 12.3. The van der Waals surface area contributed by atoms with Gasteiger partial charge < -0.3 is 10.1 Å². The Balaban J connectivity index is 1.32. The molecule has 0 radical (unpaired) electrons. The first-order valence-corrected chi connectivity index (χ1v) is 9.97. The van der Waals surface area contributed by atoms with Crippen molar-refractivity contribution in [3.8, 4) is 0 Å². The molecule has 1 N–H and O–H groups in total. The molecular weight excluding hydrogens is 312 g/mol. The minimum absolute atomic E-state index is 0.204. The number of rotatable bonds is 6. The fraction of sp³-hybridized carbons (Fsp3) is 0.667. The summed E-state index contributed by atoms with van der Waals surface area (Å²) < 4.78 is 6.03. The SMILES string of the molecule is O=C(CN1CCC(OCc2ccccc2)CC1)NC1CCCCCC1. The van der Waals surface area contributed by atoms with Crippen LogP contribution in [-0.2, 0) is 16.1 Å². The fourth-order valence-electron chi connectivity index (χ4n) is 3.92. The first-order chi connectivity index (χ1) is 12.3. The second-order valence-corrected chi connectivity index (χ2v) is 7.53. The quantitative estimate of drug-likeness (QED) is 0.803. The van der Waals surface area contributed by atoms with Gasteiger partial charge in [0, 0.05) is 19.1 Å². The van der Waals surface area contributed by atoms with Gasteiger partial charge in [0.2, 0.25) is 5.91 Å². The average molecular weight is 344 g/mol. The smallest absolute Gasteiger partial charge is 0.234 e. The summed E-state index contributed by atoms with van der Waals surface area (Å²) in [6.45, 7) is 3.14. The van der Waals surface area contributed by atoms with Gasteiger partial charge in [-0.05, 0) is 31.2 Å². The van der Waals surface area contributed by atoms with Gasteiger partial charge in [-0.25, -0.2) is 0 Å². The van der Waals surface area contributed by atoms with Crippen LogP contribution in [-0.4, -0.2) is 42.6 Å². The molecule has 1 aromatic carbocycles. The van der Waals surface area contributed by atoms with Crippen molar-refractivity contribution in [2.75, 3.05) is 19.6 Å². The molecule has 1 aliphatic heterocycles. The minimum Gasteiger partial charge on any atom is -0.373 e. The van der Waals surface area contributed by atoms with Crippen LogP contribution in [0.25, 0.3) is 0 Å². The second kappa shape index (κ2) is 9.93. The number of hydrogen-bond acceptors (Lipinski definition) is 3. The third-order valence-corrected chi connectivity index (χ3v) is 5.45. The van der Waals surface area contributed by atoms with E-state index in [1.165, 1.54) is 31.2 Å². The van der Waals surface area contributed by atoms with Crippen LogP contribution < -0.4 is 5.32 Å². The first-order valence-electron chi connectivity index (χ1n) is 9.97. The summed E-state index contributed by atoms with van der Waals surface area (Å²) in [5.41, 5.74) is 1.23. The summed E-state index contributed by atoms with van der Waals surface area (Å²) >= 11 is 0. The van der Waals surface area contributed by atoms with Gasteiger partial charge in [0.05, 0.1) is 19.3 Å². The highest BCUT2D eigenvalue weighted by molar-refractivity contribution is 5.78. The first kappa shape index (κ1) is 18.4. The molecule has 1 heterocycles. The molecule has 0 spiro atoms. The van der Waals surface area contributed by atoms with Gasteiger partial charge in [-0.3, -0.25) is 9.69 Å². The summed E-state index contributed by atoms with van der Waals surface area (Å²) in [5.74, 6) is 0.204. The number of amides is 1. The van der Waals surface area contributed by atoms with Crippen LogP contribution in [0.4, 0.5) is 0 Å². The molecule has 0 bridgehead atoms. The lowest BCUT2D eigenvalue weighted by Crippen LogP contribution is -2.45. The zero-order valence-corrected chi connectivity index (χ0v) is 15.3. The average Bonchev–Trinajstić information content (AvgIpc) is 2.90. The zero-order valence-electron chi connectivity index (χ0n) is 15.3. The molecule has 4 nitrogen and oxygen atoms in total. The topological polar surface area (TPSA) is 41.6 Å². The highest BCUT2D eigenvalue weighted by Gasteiger charge is 2.22. The van der Waals surface area contributed by atoms with Gasteiger partial charge >= 0.3 is 0 Å². The molecule has 0 aromatic heterocycles. The van der Waals surface area contributed by atoms with E-state index in [0.717, 1.165) is 38.8 Å². The maximum absolute atomic E-state index is 12.3. The number of likely N-dealkylation sites (tertiary alicyclic amines) is 1. The number of piperidine rings is 1. The monoisotopic (exact) mass is 344 g/mol. The van der Waals surface area contributed by atoms with E-state index in [2.05, 4.69) is 22.3 Å². The fourth-order valence-corrected chi connectivity index (χ4v) is 3.92. The summed E-state index contributed by atoms with van der Waals surface area (Å²) in [5, 5.41) is 3.25. The lowest BCUT2D eigenvalue weighted by atomic mass is 10.1. The number of nitrogens with zero attached hydrogens (tertiary/aromatic N) is 1. The van der Waals surface area contributed by atoms with E-state index in [1.54, 1.807) is 0 Å². The molecule has 1 amide bonds. The van der Waals surface area contributed by atoms with Crippen LogP contribution in [0.2, 0.25) is 0 Å². The largest absolute Gasteiger partial charge is 0.373 e. The molecule has 0 unspecified atom stereocenters. The van der Waals surface area contributed by atoms with Crippen molar-refractivity contribution in [1.29, 1.82) is 0 Å². The van der Waals surface area contributed by atoms with E-state index in [0.29, 0.717) is 25.3 Å². The van der Waals surface area contributed by atoms with E-state index in [1.807, 2.05) is 18.2 Å². The maximum Gasteiger partial charge on any atom is 0.234 e. The molecule has 1 aliphatic carbocycles. The van der Waals surface area contributed by atoms with Crippen LogP contribution in [0.5, 0.6) is 0 Å². The molecule has 2 aliphatic rings. The molecule has 4 heteroatoms. The number of hydrogen-bond donors (Lipinski definition) is 1. The molecule has 3 rings (SSSR count). The number of carbonyl (C=O) groups excluding carboxylic acids is 1. The van der Waals surface area contributed by atoms with Crippen molar-refractivity contribution in [2.45, 2.75) is 70.1 Å². The Morgan fingerprint density at radius 3 is 2.36 bits per heavy atom. The van der Waals surface area contributed by atoms with Crippen LogP contribution in [0.1, 0.15) is 56.9 Å². The molecule has 1 aromatic rings. The highest BCUT2D eigenvalue weighted by atomic mass is 16.5. The molecule has 25 heavy (non-hydrogen) atoms. The van der Waals surface area contributed by atoms with Crippen LogP contribution in [0.3, 0.4) is 0 Å². The number of ether oxygens (including phenoxy) is 1. The Bertz CT molecular complexity index is 504. The van der Waals surface area contributed by atoms with E-state index in [4.69, 9.17) is 4.74 Å². The van der Waals surface area contributed by atoms with Gasteiger partial charge in [0.15, 0.2) is 0 Å². The van der Waals surface area contributed by atoms with Crippen molar-refractivity contribution < 1.29 is 9.53 Å². The molecule has 1 saturated carbocycles. The predicted molar refractivity (Wildman–Crippen MR) is 100 cm³/mol. The standard InChI is InChI=1S/C21H32N2O2/c24-21(22-19-10-6-1-2-7-11-19)16-23-14-12-20(13-15-23)25-17-18-8-4-3-5-9-18/h3-5,8-9,19-20H,1-2,6-7,10-17H2,(H,22,24). The van der Waals surface area contributed by atoms with E-state index < -0.39 is 0 Å². The van der Waals surface area contributed by atoms with Crippen molar-refractivity contribution in [3.05, 3.63) is 35.9 Å². The lowest BCUT2D eigenvalue weighted by molar-refractivity contribution is -0.123. The Kier molecular flexibility index (Phi) is 7.31. The number of benzene rings is 1. The summed E-state index contributed by atoms with van der Waals surface area (Å²) in [7, 11) is 0. The Labute approximate surface area is 151 Å². The third-order valence-electron chi connectivity index (χ3n) is 5.45. The van der Waals surface area contributed by atoms with Gasteiger partial charge in [0.1, 0.15) is 0 Å². The number of nitrogens with one attached hydrogen (secondary N) is 1. The van der Waals surface area contributed by atoms with E-state index >= 15 is 0 Å². The summed E-state index contributed by atoms with van der Waals surface area (Å²) in [6, 6.07) is 10.7. The van der Waals surface area contributed by atoms with Crippen molar-refractivity contribution in [2.24, 2.45) is 0 Å². The normalized spacial score (nSPS) is 21.0. The van der Waals surface area contributed by atoms with E-state index in [9.17, 15) is 4.79 Å². The van der Waals surface area contributed by atoms with Gasteiger partial charge in [-0.1, -0.05) is 56.0 Å².